The van der Waals surface area contributed by atoms with Crippen LogP contribution in [0.4, 0.5) is 10.1 Å². The third-order valence-corrected chi connectivity index (χ3v) is 2.94. The summed E-state index contributed by atoms with van der Waals surface area (Å²) < 4.78 is 13.2. The smallest absolute Gasteiger partial charge is 0.272 e. The average Bonchev–Trinajstić information content (AvgIpc) is 2.38. The molecular formula is C14H12ClFN2O2. The van der Waals surface area contributed by atoms with Crippen LogP contribution in [-0.2, 0) is 13.1 Å². The molecule has 0 heterocycles. The Bertz CT molecular complexity index is 634. The van der Waals surface area contributed by atoms with Gasteiger partial charge in [0, 0.05) is 24.2 Å². The van der Waals surface area contributed by atoms with Crippen LogP contribution < -0.4 is 5.32 Å². The third-order valence-electron chi connectivity index (χ3n) is 2.70. The second-order valence-corrected chi connectivity index (χ2v) is 4.74. The molecule has 6 heteroatoms. The first-order chi connectivity index (χ1) is 9.54. The number of nitro groups is 1. The lowest BCUT2D eigenvalue weighted by molar-refractivity contribution is -0.385. The summed E-state index contributed by atoms with van der Waals surface area (Å²) in [6, 6.07) is 10.9. The summed E-state index contributed by atoms with van der Waals surface area (Å²) in [4.78, 5) is 10.0. The van der Waals surface area contributed by atoms with Gasteiger partial charge >= 0.3 is 0 Å². The largest absolute Gasteiger partial charge is 0.309 e. The molecule has 0 spiro atoms. The van der Waals surface area contributed by atoms with Crippen LogP contribution in [0.1, 0.15) is 11.1 Å². The van der Waals surface area contributed by atoms with E-state index in [1.165, 1.54) is 12.1 Å². The Morgan fingerprint density at radius 3 is 2.60 bits per heavy atom. The molecule has 20 heavy (non-hydrogen) atoms. The van der Waals surface area contributed by atoms with Crippen LogP contribution >= 0.6 is 11.6 Å². The fraction of sp³-hybridized carbons (Fsp3) is 0.143. The number of nitrogens with zero attached hydrogens (tertiary/aromatic N) is 1. The first-order valence-corrected chi connectivity index (χ1v) is 6.31. The van der Waals surface area contributed by atoms with Gasteiger partial charge in [-0.15, -0.1) is 0 Å². The Kier molecular flexibility index (Phi) is 4.65. The lowest BCUT2D eigenvalue weighted by Gasteiger charge is -2.06. The van der Waals surface area contributed by atoms with Gasteiger partial charge in [0.15, 0.2) is 0 Å². The maximum atomic E-state index is 13.2. The highest BCUT2D eigenvalue weighted by molar-refractivity contribution is 6.30. The van der Waals surface area contributed by atoms with E-state index in [0.29, 0.717) is 23.7 Å². The summed E-state index contributed by atoms with van der Waals surface area (Å²) in [6.45, 7) is 0.885. The van der Waals surface area contributed by atoms with Gasteiger partial charge < -0.3 is 5.32 Å². The van der Waals surface area contributed by atoms with Crippen molar-refractivity contribution in [1.82, 2.24) is 5.32 Å². The average molecular weight is 295 g/mol. The Hall–Kier alpha value is -1.98. The van der Waals surface area contributed by atoms with Crippen molar-refractivity contribution in [2.24, 2.45) is 0 Å². The maximum absolute atomic E-state index is 13.2. The van der Waals surface area contributed by atoms with E-state index in [2.05, 4.69) is 5.32 Å². The summed E-state index contributed by atoms with van der Waals surface area (Å²) in [5.74, 6) is -0.612. The molecule has 0 saturated heterocycles. The molecule has 0 aliphatic rings. The first-order valence-electron chi connectivity index (χ1n) is 5.93. The van der Waals surface area contributed by atoms with Gasteiger partial charge in [-0.25, -0.2) is 4.39 Å². The van der Waals surface area contributed by atoms with E-state index in [4.69, 9.17) is 11.6 Å². The quantitative estimate of drug-likeness (QED) is 0.676. The van der Waals surface area contributed by atoms with Crippen molar-refractivity contribution in [2.75, 3.05) is 0 Å². The summed E-state index contributed by atoms with van der Waals surface area (Å²) in [5.41, 5.74) is 1.27. The van der Waals surface area contributed by atoms with Crippen molar-refractivity contribution in [1.29, 1.82) is 0 Å². The topological polar surface area (TPSA) is 55.2 Å². The molecular weight excluding hydrogens is 283 g/mol. The van der Waals surface area contributed by atoms with Gasteiger partial charge in [-0.05, 0) is 29.3 Å². The molecule has 1 N–H and O–H groups in total. The van der Waals surface area contributed by atoms with Crippen LogP contribution in [0.15, 0.2) is 42.5 Å². The number of hydrogen-bond acceptors (Lipinski definition) is 3. The van der Waals surface area contributed by atoms with Gasteiger partial charge in [-0.3, -0.25) is 10.1 Å². The Morgan fingerprint density at radius 2 is 1.90 bits per heavy atom. The van der Waals surface area contributed by atoms with E-state index >= 15 is 0 Å². The zero-order valence-corrected chi connectivity index (χ0v) is 11.2. The molecule has 0 unspecified atom stereocenters. The van der Waals surface area contributed by atoms with E-state index in [-0.39, 0.29) is 5.69 Å². The standard InChI is InChI=1S/C14H12ClFN2O2/c15-12-3-1-2-10(4-12)8-17-9-11-5-13(16)7-14(6-11)18(19)20/h1-7,17H,8-9H2. The van der Waals surface area contributed by atoms with E-state index in [9.17, 15) is 14.5 Å². The van der Waals surface area contributed by atoms with Crippen molar-refractivity contribution >= 4 is 17.3 Å². The van der Waals surface area contributed by atoms with Crippen molar-refractivity contribution in [3.05, 3.63) is 74.5 Å². The molecule has 2 aromatic carbocycles. The van der Waals surface area contributed by atoms with Crippen LogP contribution in [0.5, 0.6) is 0 Å². The van der Waals surface area contributed by atoms with Gasteiger partial charge in [-0.1, -0.05) is 23.7 Å². The number of halogens is 2. The number of benzene rings is 2. The first kappa shape index (κ1) is 14.4. The van der Waals surface area contributed by atoms with E-state index < -0.39 is 10.7 Å². The number of nitrogens with one attached hydrogen (secondary N) is 1. The lowest BCUT2D eigenvalue weighted by atomic mass is 10.2. The minimum absolute atomic E-state index is 0.246. The van der Waals surface area contributed by atoms with Gasteiger partial charge in [-0.2, -0.15) is 0 Å². The summed E-state index contributed by atoms with van der Waals surface area (Å²) in [5, 5.41) is 14.4. The molecule has 0 aliphatic heterocycles. The predicted molar refractivity (Wildman–Crippen MR) is 75.1 cm³/mol. The van der Waals surface area contributed by atoms with Crippen LogP contribution in [0, 0.1) is 15.9 Å². The SMILES string of the molecule is O=[N+]([O-])c1cc(F)cc(CNCc2cccc(Cl)c2)c1. The molecule has 0 bridgehead atoms. The Balaban J connectivity index is 1.99. The third kappa shape index (κ3) is 4.01. The fourth-order valence-electron chi connectivity index (χ4n) is 1.84. The van der Waals surface area contributed by atoms with Gasteiger partial charge in [0.05, 0.1) is 11.0 Å². The highest BCUT2D eigenvalue weighted by Gasteiger charge is 2.09. The van der Waals surface area contributed by atoms with E-state index in [1.807, 2.05) is 18.2 Å². The molecule has 0 fully saturated rings. The van der Waals surface area contributed by atoms with Crippen molar-refractivity contribution < 1.29 is 9.31 Å². The summed E-state index contributed by atoms with van der Waals surface area (Å²) >= 11 is 5.86. The second kappa shape index (κ2) is 6.45. The fourth-order valence-corrected chi connectivity index (χ4v) is 2.05. The highest BCUT2D eigenvalue weighted by atomic mass is 35.5. The van der Waals surface area contributed by atoms with Gasteiger partial charge in [0.1, 0.15) is 5.82 Å². The molecule has 2 aromatic rings. The normalized spacial score (nSPS) is 10.5. The second-order valence-electron chi connectivity index (χ2n) is 4.31. The molecule has 2 rings (SSSR count). The van der Waals surface area contributed by atoms with E-state index in [0.717, 1.165) is 11.6 Å². The molecule has 0 saturated carbocycles. The number of non-ortho nitro benzene ring substituents is 1. The minimum atomic E-state index is -0.612. The van der Waals surface area contributed by atoms with Crippen LogP contribution in [0.25, 0.3) is 0 Å². The van der Waals surface area contributed by atoms with Gasteiger partial charge in [0.25, 0.3) is 5.69 Å². The molecule has 0 amide bonds. The summed E-state index contributed by atoms with van der Waals surface area (Å²) in [7, 11) is 0. The monoisotopic (exact) mass is 294 g/mol. The molecule has 4 nitrogen and oxygen atoms in total. The van der Waals surface area contributed by atoms with Crippen molar-refractivity contribution in [2.45, 2.75) is 13.1 Å². The molecule has 0 radical (unpaired) electrons. The zero-order chi connectivity index (χ0) is 14.5. The van der Waals surface area contributed by atoms with E-state index in [1.54, 1.807) is 6.07 Å². The summed E-state index contributed by atoms with van der Waals surface area (Å²) in [6.07, 6.45) is 0. The molecule has 104 valence electrons. The number of nitro benzene ring substituents is 1. The van der Waals surface area contributed by atoms with Crippen LogP contribution in [0.3, 0.4) is 0 Å². The highest BCUT2D eigenvalue weighted by Crippen LogP contribution is 2.16. The Labute approximate surface area is 120 Å². The van der Waals surface area contributed by atoms with Crippen molar-refractivity contribution in [3.8, 4) is 0 Å². The maximum Gasteiger partial charge on any atom is 0.272 e. The number of rotatable bonds is 5. The molecule has 0 aliphatic carbocycles. The van der Waals surface area contributed by atoms with Crippen molar-refractivity contribution in [3.63, 3.8) is 0 Å². The van der Waals surface area contributed by atoms with Crippen LogP contribution in [-0.4, -0.2) is 4.92 Å². The predicted octanol–water partition coefficient (Wildman–Crippen LogP) is 3.68. The molecule has 0 aromatic heterocycles. The Morgan fingerprint density at radius 1 is 1.15 bits per heavy atom. The van der Waals surface area contributed by atoms with Gasteiger partial charge in [0.2, 0.25) is 0 Å². The van der Waals surface area contributed by atoms with Crippen LogP contribution in [0.2, 0.25) is 5.02 Å². The zero-order valence-electron chi connectivity index (χ0n) is 10.5. The minimum Gasteiger partial charge on any atom is -0.309 e. The molecule has 0 atom stereocenters. The number of hydrogen-bond donors (Lipinski definition) is 1. The lowest BCUT2D eigenvalue weighted by Crippen LogP contribution is -2.13.